The Labute approximate surface area is 194 Å². The Balaban J connectivity index is 1.56. The number of carbonyl (C=O) groups excluding carboxylic acids is 2. The molecule has 1 unspecified atom stereocenters. The average Bonchev–Trinajstić information content (AvgIpc) is 2.84. The molecule has 0 saturated carbocycles. The van der Waals surface area contributed by atoms with E-state index in [9.17, 15) is 9.59 Å². The number of benzene rings is 1. The van der Waals surface area contributed by atoms with E-state index in [4.69, 9.17) is 15.2 Å². The summed E-state index contributed by atoms with van der Waals surface area (Å²) in [6.07, 6.45) is 8.54. The Hall–Kier alpha value is -3.55. The number of piperidine rings is 1. The maximum atomic E-state index is 12.3. The molecule has 0 spiro atoms. The maximum absolute atomic E-state index is 12.3. The second-order valence-electron chi connectivity index (χ2n) is 8.03. The van der Waals surface area contributed by atoms with Gasteiger partial charge in [0.05, 0.1) is 31.5 Å². The van der Waals surface area contributed by atoms with E-state index in [1.54, 1.807) is 25.4 Å². The van der Waals surface area contributed by atoms with E-state index in [1.165, 1.54) is 6.08 Å². The minimum absolute atomic E-state index is 0.152. The van der Waals surface area contributed by atoms with Crippen LogP contribution in [0.15, 0.2) is 42.6 Å². The normalized spacial score (nSPS) is 15.9. The number of aromatic nitrogens is 1. The van der Waals surface area contributed by atoms with E-state index in [-0.39, 0.29) is 17.7 Å². The number of unbranched alkanes of at least 4 members (excludes halogenated alkanes) is 1. The molecule has 2 aromatic rings. The molecule has 0 bridgehead atoms. The van der Waals surface area contributed by atoms with Crippen molar-refractivity contribution in [2.24, 2.45) is 11.7 Å². The fourth-order valence-electron chi connectivity index (χ4n) is 3.65. The summed E-state index contributed by atoms with van der Waals surface area (Å²) in [5.74, 6) is 1.40. The standard InChI is InChI=1S/C25H32N4O4/c1-3-4-14-33-21-10-7-18(15-22(21)32-2)8-12-24(30)28-20-9-11-23(27-16-20)29-13-5-6-19(17-29)25(26)31/h7-12,15-16,19H,3-6,13-14,17H2,1-2H3,(H2,26,31)(H,28,30)/b12-8+. The number of nitrogens with two attached hydrogens (primary N) is 1. The summed E-state index contributed by atoms with van der Waals surface area (Å²) in [7, 11) is 1.59. The molecule has 3 rings (SSSR count). The number of primary amides is 1. The number of nitrogens with zero attached hydrogens (tertiary/aromatic N) is 2. The van der Waals surface area contributed by atoms with Gasteiger partial charge in [-0.1, -0.05) is 19.4 Å². The molecule has 8 heteroatoms. The topological polar surface area (TPSA) is 107 Å². The van der Waals surface area contributed by atoms with Gasteiger partial charge in [-0.05, 0) is 55.2 Å². The summed E-state index contributed by atoms with van der Waals surface area (Å²) in [4.78, 5) is 30.3. The number of anilines is 2. The van der Waals surface area contributed by atoms with Gasteiger partial charge in [0.2, 0.25) is 11.8 Å². The number of carbonyl (C=O) groups is 2. The quantitative estimate of drug-likeness (QED) is 0.421. The van der Waals surface area contributed by atoms with Gasteiger partial charge in [0.25, 0.3) is 0 Å². The second kappa shape index (κ2) is 11.9. The van der Waals surface area contributed by atoms with Gasteiger partial charge in [-0.2, -0.15) is 0 Å². The van der Waals surface area contributed by atoms with Crippen LogP contribution in [0.2, 0.25) is 0 Å². The van der Waals surface area contributed by atoms with Crippen molar-refractivity contribution >= 4 is 29.4 Å². The number of ether oxygens (including phenoxy) is 2. The number of hydrogen-bond acceptors (Lipinski definition) is 6. The highest BCUT2D eigenvalue weighted by molar-refractivity contribution is 6.01. The van der Waals surface area contributed by atoms with Crippen LogP contribution in [0.25, 0.3) is 6.08 Å². The Bertz CT molecular complexity index is 975. The van der Waals surface area contributed by atoms with Gasteiger partial charge in [0, 0.05) is 19.2 Å². The van der Waals surface area contributed by atoms with Gasteiger partial charge in [0.15, 0.2) is 11.5 Å². The second-order valence-corrected chi connectivity index (χ2v) is 8.03. The smallest absolute Gasteiger partial charge is 0.248 e. The first-order valence-corrected chi connectivity index (χ1v) is 11.3. The van der Waals surface area contributed by atoms with Crippen LogP contribution in [0.1, 0.15) is 38.2 Å². The summed E-state index contributed by atoms with van der Waals surface area (Å²) in [5.41, 5.74) is 6.87. The zero-order valence-electron chi connectivity index (χ0n) is 19.3. The zero-order valence-corrected chi connectivity index (χ0v) is 19.3. The lowest BCUT2D eigenvalue weighted by Crippen LogP contribution is -2.41. The average molecular weight is 453 g/mol. The molecule has 1 fully saturated rings. The van der Waals surface area contributed by atoms with Gasteiger partial charge in [-0.25, -0.2) is 4.98 Å². The predicted octanol–water partition coefficient (Wildman–Crippen LogP) is 3.62. The SMILES string of the molecule is CCCCOc1ccc(/C=C/C(=O)Nc2ccc(N3CCCC(C(N)=O)C3)nc2)cc1OC. The van der Waals surface area contributed by atoms with E-state index >= 15 is 0 Å². The van der Waals surface area contributed by atoms with Gasteiger partial charge in [-0.15, -0.1) is 0 Å². The number of pyridine rings is 1. The largest absolute Gasteiger partial charge is 0.493 e. The third kappa shape index (κ3) is 6.97. The fraction of sp³-hybridized carbons (Fsp3) is 0.400. The lowest BCUT2D eigenvalue weighted by molar-refractivity contribution is -0.122. The summed E-state index contributed by atoms with van der Waals surface area (Å²) in [6.45, 7) is 4.15. The number of amides is 2. The Morgan fingerprint density at radius 2 is 2.12 bits per heavy atom. The van der Waals surface area contributed by atoms with E-state index in [0.29, 0.717) is 30.3 Å². The predicted molar refractivity (Wildman–Crippen MR) is 129 cm³/mol. The molecular weight excluding hydrogens is 420 g/mol. The van der Waals surface area contributed by atoms with Crippen molar-refractivity contribution in [3.05, 3.63) is 48.2 Å². The number of methoxy groups -OCH3 is 1. The minimum atomic E-state index is -0.272. The van der Waals surface area contributed by atoms with Crippen LogP contribution in [0.4, 0.5) is 11.5 Å². The van der Waals surface area contributed by atoms with Crippen molar-refractivity contribution in [2.75, 3.05) is 37.0 Å². The van der Waals surface area contributed by atoms with Crippen molar-refractivity contribution in [1.82, 2.24) is 4.98 Å². The van der Waals surface area contributed by atoms with Crippen LogP contribution in [0.3, 0.4) is 0 Å². The molecule has 0 aliphatic carbocycles. The molecule has 1 aromatic carbocycles. The molecule has 1 aliphatic rings. The first-order valence-electron chi connectivity index (χ1n) is 11.3. The highest BCUT2D eigenvalue weighted by Crippen LogP contribution is 2.29. The Morgan fingerprint density at radius 3 is 2.82 bits per heavy atom. The number of hydrogen-bond donors (Lipinski definition) is 2. The van der Waals surface area contributed by atoms with Crippen molar-refractivity contribution < 1.29 is 19.1 Å². The first-order chi connectivity index (χ1) is 16.0. The van der Waals surface area contributed by atoms with Gasteiger partial charge >= 0.3 is 0 Å². The van der Waals surface area contributed by atoms with Crippen LogP contribution >= 0.6 is 0 Å². The molecule has 1 atom stereocenters. The van der Waals surface area contributed by atoms with Crippen LogP contribution in [0.5, 0.6) is 11.5 Å². The highest BCUT2D eigenvalue weighted by Gasteiger charge is 2.24. The summed E-state index contributed by atoms with van der Waals surface area (Å²) in [6, 6.07) is 9.19. The lowest BCUT2D eigenvalue weighted by Gasteiger charge is -2.32. The summed E-state index contributed by atoms with van der Waals surface area (Å²) in [5, 5.41) is 2.81. The molecule has 176 valence electrons. The number of nitrogens with one attached hydrogen (secondary N) is 1. The van der Waals surface area contributed by atoms with Gasteiger partial charge in [0.1, 0.15) is 5.82 Å². The Kier molecular flexibility index (Phi) is 8.69. The van der Waals surface area contributed by atoms with Crippen LogP contribution in [-0.4, -0.2) is 43.6 Å². The van der Waals surface area contributed by atoms with Gasteiger partial charge < -0.3 is 25.4 Å². The molecule has 3 N–H and O–H groups in total. The molecular formula is C25H32N4O4. The van der Waals surface area contributed by atoms with Crippen LogP contribution in [-0.2, 0) is 9.59 Å². The van der Waals surface area contributed by atoms with E-state index in [2.05, 4.69) is 17.2 Å². The molecule has 2 heterocycles. The molecule has 1 saturated heterocycles. The van der Waals surface area contributed by atoms with Crippen LogP contribution < -0.4 is 25.4 Å². The van der Waals surface area contributed by atoms with E-state index in [1.807, 2.05) is 29.2 Å². The minimum Gasteiger partial charge on any atom is -0.493 e. The molecule has 33 heavy (non-hydrogen) atoms. The molecule has 2 amide bonds. The monoisotopic (exact) mass is 452 g/mol. The summed E-state index contributed by atoms with van der Waals surface area (Å²) < 4.78 is 11.1. The van der Waals surface area contributed by atoms with Crippen molar-refractivity contribution in [1.29, 1.82) is 0 Å². The molecule has 0 radical (unpaired) electrons. The zero-order chi connectivity index (χ0) is 23.6. The molecule has 1 aliphatic heterocycles. The van der Waals surface area contributed by atoms with Crippen molar-refractivity contribution in [3.63, 3.8) is 0 Å². The van der Waals surface area contributed by atoms with E-state index in [0.717, 1.165) is 43.6 Å². The summed E-state index contributed by atoms with van der Waals surface area (Å²) >= 11 is 0. The third-order valence-electron chi connectivity index (χ3n) is 5.53. The third-order valence-corrected chi connectivity index (χ3v) is 5.53. The number of rotatable bonds is 10. The molecule has 8 nitrogen and oxygen atoms in total. The fourth-order valence-corrected chi connectivity index (χ4v) is 3.65. The van der Waals surface area contributed by atoms with E-state index < -0.39 is 0 Å². The van der Waals surface area contributed by atoms with Crippen molar-refractivity contribution in [2.45, 2.75) is 32.6 Å². The lowest BCUT2D eigenvalue weighted by atomic mass is 9.97. The van der Waals surface area contributed by atoms with Gasteiger partial charge in [-0.3, -0.25) is 9.59 Å². The van der Waals surface area contributed by atoms with Crippen LogP contribution in [0, 0.1) is 5.92 Å². The maximum Gasteiger partial charge on any atom is 0.248 e. The molecule has 1 aromatic heterocycles. The first kappa shape index (κ1) is 24.1. The highest BCUT2D eigenvalue weighted by atomic mass is 16.5. The Morgan fingerprint density at radius 1 is 1.27 bits per heavy atom. The van der Waals surface area contributed by atoms with Crippen molar-refractivity contribution in [3.8, 4) is 11.5 Å².